The van der Waals surface area contributed by atoms with Crippen molar-refractivity contribution < 1.29 is 14.3 Å². The molecule has 0 radical (unpaired) electrons. The summed E-state index contributed by atoms with van der Waals surface area (Å²) in [5.41, 5.74) is -0.861. The molecule has 1 aliphatic rings. The number of rotatable bonds is 2. The Labute approximate surface area is 77.5 Å². The average molecular weight is 189 g/mol. The molecule has 1 saturated heterocycles. The number of carbonyl (C=O) groups is 1. The third kappa shape index (κ3) is 2.18. The zero-order valence-corrected chi connectivity index (χ0v) is 8.09. The van der Waals surface area contributed by atoms with Crippen molar-refractivity contribution in [1.29, 1.82) is 0 Å². The van der Waals surface area contributed by atoms with Gasteiger partial charge in [-0.25, -0.2) is 4.39 Å². The fourth-order valence-corrected chi connectivity index (χ4v) is 1.54. The van der Waals surface area contributed by atoms with Crippen molar-refractivity contribution >= 4 is 5.97 Å². The number of nitrogens with zero attached hydrogens (tertiary/aromatic N) is 1. The van der Waals surface area contributed by atoms with E-state index in [9.17, 15) is 9.18 Å². The maximum absolute atomic E-state index is 12.8. The summed E-state index contributed by atoms with van der Waals surface area (Å²) in [6, 6.07) is 0. The fourth-order valence-electron chi connectivity index (χ4n) is 1.54. The van der Waals surface area contributed by atoms with Gasteiger partial charge in [0.25, 0.3) is 0 Å². The molecule has 76 valence electrons. The van der Waals surface area contributed by atoms with Crippen molar-refractivity contribution in [2.75, 3.05) is 13.1 Å². The van der Waals surface area contributed by atoms with Crippen molar-refractivity contribution in [3.63, 3.8) is 0 Å². The number of hydrogen-bond donors (Lipinski definition) is 1. The Morgan fingerprint density at radius 1 is 1.46 bits per heavy atom. The number of aliphatic carboxylic acids is 1. The molecular weight excluding hydrogens is 173 g/mol. The third-order valence-corrected chi connectivity index (χ3v) is 2.74. The molecule has 0 aliphatic carbocycles. The predicted octanol–water partition coefficient (Wildman–Crippen LogP) is 1.28. The Balaban J connectivity index is 2.58. The third-order valence-electron chi connectivity index (χ3n) is 2.74. The maximum atomic E-state index is 12.8. The van der Waals surface area contributed by atoms with Crippen LogP contribution in [0, 0.1) is 0 Å². The molecule has 0 amide bonds. The molecule has 4 heteroatoms. The number of carboxylic acids is 1. The number of likely N-dealkylation sites (tertiary alicyclic amines) is 1. The van der Waals surface area contributed by atoms with E-state index in [4.69, 9.17) is 5.11 Å². The van der Waals surface area contributed by atoms with Crippen molar-refractivity contribution in [1.82, 2.24) is 4.90 Å². The van der Waals surface area contributed by atoms with Gasteiger partial charge in [0.15, 0.2) is 0 Å². The first-order valence-corrected chi connectivity index (χ1v) is 4.57. The van der Waals surface area contributed by atoms with Gasteiger partial charge in [-0.15, -0.1) is 0 Å². The zero-order chi connectivity index (χ0) is 10.1. The average Bonchev–Trinajstić information content (AvgIpc) is 2.04. The number of carboxylic acid groups (broad SMARTS) is 1. The van der Waals surface area contributed by atoms with Crippen LogP contribution in [0.15, 0.2) is 0 Å². The zero-order valence-electron chi connectivity index (χ0n) is 8.09. The van der Waals surface area contributed by atoms with Gasteiger partial charge in [0, 0.05) is 13.1 Å². The molecule has 0 aromatic rings. The van der Waals surface area contributed by atoms with Gasteiger partial charge in [0.05, 0.1) is 0 Å². The smallest absolute Gasteiger partial charge is 0.323 e. The molecule has 0 bridgehead atoms. The molecule has 1 N–H and O–H groups in total. The molecule has 0 saturated carbocycles. The van der Waals surface area contributed by atoms with Crippen LogP contribution in [0.2, 0.25) is 0 Å². The van der Waals surface area contributed by atoms with Crippen LogP contribution >= 0.6 is 0 Å². The van der Waals surface area contributed by atoms with Crippen LogP contribution in [0.25, 0.3) is 0 Å². The standard InChI is InChI=1S/C9H16FNO2/c1-9(2,8(12)13)11-5-3-7(10)4-6-11/h7H,3-6H2,1-2H3,(H,12,13). The fraction of sp³-hybridized carbons (Fsp3) is 0.889. The van der Waals surface area contributed by atoms with E-state index in [-0.39, 0.29) is 0 Å². The number of piperidine rings is 1. The van der Waals surface area contributed by atoms with Crippen LogP contribution < -0.4 is 0 Å². The predicted molar refractivity (Wildman–Crippen MR) is 47.4 cm³/mol. The SMILES string of the molecule is CC(C)(C(=O)O)N1CCC(F)CC1. The van der Waals surface area contributed by atoms with E-state index in [0.717, 1.165) is 0 Å². The van der Waals surface area contributed by atoms with Crippen molar-refractivity contribution in [3.05, 3.63) is 0 Å². The Morgan fingerprint density at radius 2 is 1.92 bits per heavy atom. The van der Waals surface area contributed by atoms with E-state index in [1.54, 1.807) is 13.8 Å². The number of hydrogen-bond acceptors (Lipinski definition) is 2. The van der Waals surface area contributed by atoms with Crippen LogP contribution in [-0.2, 0) is 4.79 Å². The quantitative estimate of drug-likeness (QED) is 0.711. The highest BCUT2D eigenvalue weighted by Crippen LogP contribution is 2.22. The molecule has 0 aromatic heterocycles. The van der Waals surface area contributed by atoms with Crippen LogP contribution in [0.5, 0.6) is 0 Å². The molecule has 0 unspecified atom stereocenters. The summed E-state index contributed by atoms with van der Waals surface area (Å²) < 4.78 is 12.8. The van der Waals surface area contributed by atoms with E-state index >= 15 is 0 Å². The Morgan fingerprint density at radius 3 is 2.31 bits per heavy atom. The first-order valence-electron chi connectivity index (χ1n) is 4.57. The van der Waals surface area contributed by atoms with Gasteiger partial charge in [-0.1, -0.05) is 0 Å². The molecule has 1 heterocycles. The summed E-state index contributed by atoms with van der Waals surface area (Å²) in [5, 5.41) is 8.92. The van der Waals surface area contributed by atoms with Crippen LogP contribution in [0.1, 0.15) is 26.7 Å². The lowest BCUT2D eigenvalue weighted by molar-refractivity contribution is -0.150. The van der Waals surface area contributed by atoms with Gasteiger partial charge >= 0.3 is 5.97 Å². The lowest BCUT2D eigenvalue weighted by atomic mass is 9.98. The molecule has 0 aromatic carbocycles. The normalized spacial score (nSPS) is 21.8. The summed E-state index contributed by atoms with van der Waals surface area (Å²) >= 11 is 0. The summed E-state index contributed by atoms with van der Waals surface area (Å²) in [6.45, 7) is 4.41. The maximum Gasteiger partial charge on any atom is 0.323 e. The minimum atomic E-state index is -0.861. The lowest BCUT2D eigenvalue weighted by Gasteiger charge is -2.38. The largest absolute Gasteiger partial charge is 0.480 e. The first-order chi connectivity index (χ1) is 5.94. The van der Waals surface area contributed by atoms with Crippen LogP contribution in [0.4, 0.5) is 4.39 Å². The van der Waals surface area contributed by atoms with Crippen molar-refractivity contribution in [3.8, 4) is 0 Å². The Hall–Kier alpha value is -0.640. The minimum Gasteiger partial charge on any atom is -0.480 e. The van der Waals surface area contributed by atoms with Crippen LogP contribution in [-0.4, -0.2) is 40.8 Å². The van der Waals surface area contributed by atoms with Crippen molar-refractivity contribution in [2.45, 2.75) is 38.4 Å². The molecule has 1 aliphatic heterocycles. The van der Waals surface area contributed by atoms with E-state index in [1.807, 2.05) is 4.90 Å². The molecule has 0 atom stereocenters. The van der Waals surface area contributed by atoms with E-state index in [0.29, 0.717) is 25.9 Å². The first kappa shape index (κ1) is 10.4. The van der Waals surface area contributed by atoms with Crippen molar-refractivity contribution in [2.24, 2.45) is 0 Å². The van der Waals surface area contributed by atoms with Crippen LogP contribution in [0.3, 0.4) is 0 Å². The second-order valence-corrected chi connectivity index (χ2v) is 4.03. The monoisotopic (exact) mass is 189 g/mol. The van der Waals surface area contributed by atoms with Gasteiger partial charge in [-0.2, -0.15) is 0 Å². The lowest BCUT2D eigenvalue weighted by Crippen LogP contribution is -2.53. The molecular formula is C9H16FNO2. The van der Waals surface area contributed by atoms with Gasteiger partial charge < -0.3 is 5.11 Å². The Bertz CT molecular complexity index is 198. The molecule has 1 fully saturated rings. The molecule has 0 spiro atoms. The van der Waals surface area contributed by atoms with E-state index in [1.165, 1.54) is 0 Å². The van der Waals surface area contributed by atoms with E-state index < -0.39 is 17.7 Å². The number of halogens is 1. The van der Waals surface area contributed by atoms with Gasteiger partial charge in [-0.05, 0) is 26.7 Å². The summed E-state index contributed by atoms with van der Waals surface area (Å²) in [4.78, 5) is 12.7. The highest BCUT2D eigenvalue weighted by molar-refractivity contribution is 5.77. The van der Waals surface area contributed by atoms with E-state index in [2.05, 4.69) is 0 Å². The topological polar surface area (TPSA) is 40.5 Å². The Kier molecular flexibility index (Phi) is 2.91. The van der Waals surface area contributed by atoms with Gasteiger partial charge in [0.1, 0.15) is 11.7 Å². The van der Waals surface area contributed by atoms with Gasteiger partial charge in [0.2, 0.25) is 0 Å². The highest BCUT2D eigenvalue weighted by Gasteiger charge is 2.36. The summed E-state index contributed by atoms with van der Waals surface area (Å²) in [7, 11) is 0. The second kappa shape index (κ2) is 3.62. The number of alkyl halides is 1. The van der Waals surface area contributed by atoms with Gasteiger partial charge in [-0.3, -0.25) is 9.69 Å². The highest BCUT2D eigenvalue weighted by atomic mass is 19.1. The second-order valence-electron chi connectivity index (χ2n) is 4.03. The summed E-state index contributed by atoms with van der Waals surface area (Å²) in [6.07, 6.45) is 0.161. The molecule has 13 heavy (non-hydrogen) atoms. The molecule has 3 nitrogen and oxygen atoms in total. The molecule has 1 rings (SSSR count). The summed E-state index contributed by atoms with van der Waals surface area (Å²) in [5.74, 6) is -0.843. The minimum absolute atomic E-state index is 0.455.